The van der Waals surface area contributed by atoms with E-state index >= 15 is 0 Å². The van der Waals surface area contributed by atoms with Crippen LogP contribution in [-0.4, -0.2) is 24.6 Å². The molecule has 3 nitrogen and oxygen atoms in total. The molecule has 2 rings (SSSR count). The monoisotopic (exact) mass is 295 g/mol. The molecule has 1 aliphatic heterocycles. The molecule has 2 heterocycles. The Morgan fingerprint density at radius 2 is 2.10 bits per heavy atom. The van der Waals surface area contributed by atoms with Crippen LogP contribution in [0.5, 0.6) is 0 Å². The first kappa shape index (κ1) is 15.6. The standard InChI is InChI=1S/C16H26ClN3/c1-3-7-18-11-14-10-16(19-12-15(14)17)20-8-5-13(4-2)6-9-20/h10,12-13,18H,3-9,11H2,1-2H3. The van der Waals surface area contributed by atoms with Gasteiger partial charge in [-0.3, -0.25) is 0 Å². The molecule has 0 aromatic carbocycles. The third kappa shape index (κ3) is 4.10. The lowest BCUT2D eigenvalue weighted by Gasteiger charge is -2.32. The van der Waals surface area contributed by atoms with Crippen LogP contribution in [0.3, 0.4) is 0 Å². The van der Waals surface area contributed by atoms with Gasteiger partial charge in [0.2, 0.25) is 0 Å². The van der Waals surface area contributed by atoms with Crippen LogP contribution in [0.15, 0.2) is 12.3 Å². The highest BCUT2D eigenvalue weighted by Crippen LogP contribution is 2.26. The Morgan fingerprint density at radius 3 is 2.75 bits per heavy atom. The summed E-state index contributed by atoms with van der Waals surface area (Å²) in [5.74, 6) is 1.97. The summed E-state index contributed by atoms with van der Waals surface area (Å²) in [5, 5.41) is 4.17. The van der Waals surface area contributed by atoms with Gasteiger partial charge in [-0.15, -0.1) is 0 Å². The molecular formula is C16H26ClN3. The van der Waals surface area contributed by atoms with Crippen molar-refractivity contribution in [1.29, 1.82) is 0 Å². The molecule has 1 aliphatic rings. The van der Waals surface area contributed by atoms with Crippen LogP contribution in [0.2, 0.25) is 5.02 Å². The second kappa shape index (κ2) is 7.84. The number of rotatable bonds is 6. The number of anilines is 1. The van der Waals surface area contributed by atoms with Crippen LogP contribution < -0.4 is 10.2 Å². The fourth-order valence-corrected chi connectivity index (χ4v) is 2.92. The van der Waals surface area contributed by atoms with E-state index in [4.69, 9.17) is 11.6 Å². The number of nitrogens with one attached hydrogen (secondary N) is 1. The van der Waals surface area contributed by atoms with Crippen molar-refractivity contribution in [1.82, 2.24) is 10.3 Å². The Kier molecular flexibility index (Phi) is 6.11. The van der Waals surface area contributed by atoms with Crippen LogP contribution in [0.25, 0.3) is 0 Å². The van der Waals surface area contributed by atoms with Gasteiger partial charge in [-0.25, -0.2) is 4.98 Å². The van der Waals surface area contributed by atoms with Crippen molar-refractivity contribution < 1.29 is 0 Å². The van der Waals surface area contributed by atoms with Gasteiger partial charge in [0.05, 0.1) is 5.02 Å². The summed E-state index contributed by atoms with van der Waals surface area (Å²) < 4.78 is 0. The zero-order valence-electron chi connectivity index (χ0n) is 12.7. The molecule has 4 heteroatoms. The molecule has 0 radical (unpaired) electrons. The second-order valence-electron chi connectivity index (χ2n) is 5.65. The first-order valence-corrected chi connectivity index (χ1v) is 8.22. The largest absolute Gasteiger partial charge is 0.357 e. The number of aromatic nitrogens is 1. The van der Waals surface area contributed by atoms with Crippen LogP contribution >= 0.6 is 11.6 Å². The van der Waals surface area contributed by atoms with Crippen molar-refractivity contribution in [3.8, 4) is 0 Å². The molecule has 0 saturated carbocycles. The highest BCUT2D eigenvalue weighted by molar-refractivity contribution is 6.31. The lowest BCUT2D eigenvalue weighted by atomic mass is 9.94. The number of hydrogen-bond donors (Lipinski definition) is 1. The molecule has 1 aromatic rings. The van der Waals surface area contributed by atoms with Gasteiger partial charge in [0.1, 0.15) is 5.82 Å². The average molecular weight is 296 g/mol. The van der Waals surface area contributed by atoms with Gasteiger partial charge >= 0.3 is 0 Å². The van der Waals surface area contributed by atoms with Crippen LogP contribution in [0.4, 0.5) is 5.82 Å². The minimum atomic E-state index is 0.765. The number of piperidine rings is 1. The van der Waals surface area contributed by atoms with E-state index in [1.165, 1.54) is 19.3 Å². The number of nitrogens with zero attached hydrogens (tertiary/aromatic N) is 2. The molecule has 1 N–H and O–H groups in total. The summed E-state index contributed by atoms with van der Waals surface area (Å²) in [6.45, 7) is 8.55. The topological polar surface area (TPSA) is 28.2 Å². The zero-order chi connectivity index (χ0) is 14.4. The normalized spacial score (nSPS) is 16.6. The van der Waals surface area contributed by atoms with E-state index in [1.54, 1.807) is 6.20 Å². The zero-order valence-corrected chi connectivity index (χ0v) is 13.4. The number of pyridine rings is 1. The molecule has 112 valence electrons. The Bertz CT molecular complexity index is 414. The number of hydrogen-bond acceptors (Lipinski definition) is 3. The smallest absolute Gasteiger partial charge is 0.128 e. The first-order chi connectivity index (χ1) is 9.74. The lowest BCUT2D eigenvalue weighted by molar-refractivity contribution is 0.393. The van der Waals surface area contributed by atoms with Gasteiger partial charge in [0, 0.05) is 25.8 Å². The van der Waals surface area contributed by atoms with Gasteiger partial charge in [-0.2, -0.15) is 0 Å². The minimum absolute atomic E-state index is 0.765. The predicted molar refractivity (Wildman–Crippen MR) is 86.5 cm³/mol. The average Bonchev–Trinajstić information content (AvgIpc) is 2.49. The molecule has 0 aliphatic carbocycles. The van der Waals surface area contributed by atoms with Crippen molar-refractivity contribution >= 4 is 17.4 Å². The molecular weight excluding hydrogens is 270 g/mol. The van der Waals surface area contributed by atoms with Crippen molar-refractivity contribution in [2.24, 2.45) is 5.92 Å². The summed E-state index contributed by atoms with van der Waals surface area (Å²) in [6.07, 6.45) is 6.80. The molecule has 1 fully saturated rings. The van der Waals surface area contributed by atoms with E-state index in [-0.39, 0.29) is 0 Å². The maximum absolute atomic E-state index is 6.24. The van der Waals surface area contributed by atoms with Gasteiger partial charge in [0.25, 0.3) is 0 Å². The van der Waals surface area contributed by atoms with Crippen molar-refractivity contribution in [2.75, 3.05) is 24.5 Å². The lowest BCUT2D eigenvalue weighted by Crippen LogP contribution is -2.34. The Balaban J connectivity index is 1.99. The summed E-state index contributed by atoms with van der Waals surface area (Å²) in [4.78, 5) is 6.90. The highest BCUT2D eigenvalue weighted by atomic mass is 35.5. The van der Waals surface area contributed by atoms with E-state index in [0.717, 1.165) is 54.9 Å². The van der Waals surface area contributed by atoms with E-state index in [0.29, 0.717) is 0 Å². The quantitative estimate of drug-likeness (QED) is 0.808. The van der Waals surface area contributed by atoms with Crippen LogP contribution in [-0.2, 0) is 6.54 Å². The molecule has 20 heavy (non-hydrogen) atoms. The summed E-state index contributed by atoms with van der Waals surface area (Å²) in [6, 6.07) is 2.15. The maximum atomic E-state index is 6.24. The van der Waals surface area contributed by atoms with Crippen molar-refractivity contribution in [3.63, 3.8) is 0 Å². The number of halogens is 1. The Morgan fingerprint density at radius 1 is 1.35 bits per heavy atom. The molecule has 0 bridgehead atoms. The minimum Gasteiger partial charge on any atom is -0.357 e. The molecule has 0 amide bonds. The molecule has 0 spiro atoms. The SMILES string of the molecule is CCCNCc1cc(N2CCC(CC)CC2)ncc1Cl. The molecule has 1 saturated heterocycles. The van der Waals surface area contributed by atoms with E-state index in [1.807, 2.05) is 0 Å². The molecule has 0 unspecified atom stereocenters. The fraction of sp³-hybridized carbons (Fsp3) is 0.688. The second-order valence-corrected chi connectivity index (χ2v) is 6.06. The molecule has 0 atom stereocenters. The summed E-state index contributed by atoms with van der Waals surface area (Å²) in [5.41, 5.74) is 1.16. The van der Waals surface area contributed by atoms with Gasteiger partial charge < -0.3 is 10.2 Å². The van der Waals surface area contributed by atoms with E-state index in [9.17, 15) is 0 Å². The van der Waals surface area contributed by atoms with Gasteiger partial charge in [-0.05, 0) is 43.4 Å². The van der Waals surface area contributed by atoms with E-state index in [2.05, 4.69) is 35.1 Å². The van der Waals surface area contributed by atoms with Gasteiger partial charge in [-0.1, -0.05) is 31.9 Å². The predicted octanol–water partition coefficient (Wildman–Crippen LogP) is 3.86. The molecule has 1 aromatic heterocycles. The summed E-state index contributed by atoms with van der Waals surface area (Å²) in [7, 11) is 0. The maximum Gasteiger partial charge on any atom is 0.128 e. The Hall–Kier alpha value is -0.800. The van der Waals surface area contributed by atoms with Crippen LogP contribution in [0.1, 0.15) is 45.1 Å². The summed E-state index contributed by atoms with van der Waals surface area (Å²) >= 11 is 6.24. The third-order valence-corrected chi connectivity index (χ3v) is 4.52. The Labute approximate surface area is 127 Å². The third-order valence-electron chi connectivity index (χ3n) is 4.18. The fourth-order valence-electron chi connectivity index (χ4n) is 2.75. The first-order valence-electron chi connectivity index (χ1n) is 7.84. The highest BCUT2D eigenvalue weighted by Gasteiger charge is 2.19. The van der Waals surface area contributed by atoms with Crippen LogP contribution in [0, 0.1) is 5.92 Å². The van der Waals surface area contributed by atoms with E-state index < -0.39 is 0 Å². The van der Waals surface area contributed by atoms with Crippen molar-refractivity contribution in [2.45, 2.75) is 46.1 Å². The van der Waals surface area contributed by atoms with Crippen molar-refractivity contribution in [3.05, 3.63) is 22.8 Å². The van der Waals surface area contributed by atoms with Gasteiger partial charge in [0.15, 0.2) is 0 Å².